The number of nitrogens with one attached hydrogen (secondary N) is 1. The average Bonchev–Trinajstić information content (AvgIpc) is 2.17. The first-order chi connectivity index (χ1) is 7.16. The van der Waals surface area contributed by atoms with Gasteiger partial charge in [0.25, 0.3) is 0 Å². The summed E-state index contributed by atoms with van der Waals surface area (Å²) in [5.41, 5.74) is 0.218. The minimum atomic E-state index is 0.218. The van der Waals surface area contributed by atoms with Gasteiger partial charge in [-0.05, 0) is 33.1 Å². The molecule has 2 aliphatic rings. The van der Waals surface area contributed by atoms with Gasteiger partial charge in [-0.3, -0.25) is 4.99 Å². The lowest BCUT2D eigenvalue weighted by Gasteiger charge is -2.33. The maximum Gasteiger partial charge on any atom is 0.157 e. The molecular weight excluding hydrogens is 208 g/mol. The first-order valence-electron chi connectivity index (χ1n) is 5.72. The van der Waals surface area contributed by atoms with E-state index in [4.69, 9.17) is 9.73 Å². The van der Waals surface area contributed by atoms with E-state index in [-0.39, 0.29) is 5.54 Å². The molecule has 0 aromatic rings. The van der Waals surface area contributed by atoms with Gasteiger partial charge < -0.3 is 10.1 Å². The Morgan fingerprint density at radius 2 is 2.13 bits per heavy atom. The van der Waals surface area contributed by atoms with Crippen LogP contribution in [0.4, 0.5) is 0 Å². The second-order valence-electron chi connectivity index (χ2n) is 4.89. The molecule has 0 saturated carbocycles. The average molecular weight is 228 g/mol. The van der Waals surface area contributed by atoms with Gasteiger partial charge in [-0.2, -0.15) is 0 Å². The summed E-state index contributed by atoms with van der Waals surface area (Å²) in [6, 6.07) is 0.475. The van der Waals surface area contributed by atoms with Gasteiger partial charge >= 0.3 is 0 Å². The number of amidine groups is 1. The van der Waals surface area contributed by atoms with E-state index in [2.05, 4.69) is 19.2 Å². The molecule has 2 heterocycles. The summed E-state index contributed by atoms with van der Waals surface area (Å²) in [5, 5.41) is 4.65. The fraction of sp³-hybridized carbons (Fsp3) is 0.909. The molecule has 2 fully saturated rings. The Bertz CT molecular complexity index is 247. The molecule has 0 radical (unpaired) electrons. The van der Waals surface area contributed by atoms with Gasteiger partial charge in [0.1, 0.15) is 0 Å². The van der Waals surface area contributed by atoms with Crippen LogP contribution >= 0.6 is 11.8 Å². The summed E-state index contributed by atoms with van der Waals surface area (Å²) in [4.78, 5) is 4.78. The Kier molecular flexibility index (Phi) is 3.57. The maximum absolute atomic E-state index is 5.33. The van der Waals surface area contributed by atoms with Crippen molar-refractivity contribution in [2.24, 2.45) is 4.99 Å². The molecule has 0 aromatic carbocycles. The van der Waals surface area contributed by atoms with Gasteiger partial charge in [0.05, 0.1) is 6.04 Å². The van der Waals surface area contributed by atoms with E-state index in [0.717, 1.165) is 31.2 Å². The summed E-state index contributed by atoms with van der Waals surface area (Å²) in [6.45, 7) is 6.23. The maximum atomic E-state index is 5.33. The van der Waals surface area contributed by atoms with Gasteiger partial charge in [0.2, 0.25) is 0 Å². The van der Waals surface area contributed by atoms with Crippen LogP contribution in [0.3, 0.4) is 0 Å². The van der Waals surface area contributed by atoms with E-state index in [1.54, 1.807) is 0 Å². The minimum Gasteiger partial charge on any atom is -0.381 e. The Morgan fingerprint density at radius 3 is 2.80 bits per heavy atom. The van der Waals surface area contributed by atoms with Gasteiger partial charge in [0.15, 0.2) is 5.17 Å². The number of hydrogen-bond donors (Lipinski definition) is 1. The third kappa shape index (κ3) is 3.38. The number of aliphatic imine (C=N–C) groups is 1. The lowest BCUT2D eigenvalue weighted by molar-refractivity contribution is 0.0871. The van der Waals surface area contributed by atoms with Crippen molar-refractivity contribution >= 4 is 16.9 Å². The predicted octanol–water partition coefficient (Wildman–Crippen LogP) is 2.03. The van der Waals surface area contributed by atoms with E-state index in [1.807, 2.05) is 11.8 Å². The lowest BCUT2D eigenvalue weighted by Crippen LogP contribution is -2.46. The molecule has 0 aliphatic carbocycles. The van der Waals surface area contributed by atoms with Crippen molar-refractivity contribution in [1.82, 2.24) is 5.32 Å². The largest absolute Gasteiger partial charge is 0.381 e. The van der Waals surface area contributed by atoms with Crippen molar-refractivity contribution in [3.63, 3.8) is 0 Å². The Labute approximate surface area is 96.1 Å². The zero-order valence-corrected chi connectivity index (χ0v) is 10.4. The van der Waals surface area contributed by atoms with E-state index in [1.165, 1.54) is 12.2 Å². The molecule has 0 spiro atoms. The molecule has 4 heteroatoms. The van der Waals surface area contributed by atoms with Crippen LogP contribution in [0.1, 0.15) is 33.1 Å². The molecule has 2 saturated heterocycles. The summed E-state index contributed by atoms with van der Waals surface area (Å²) in [5.74, 6) is 1.18. The SMILES string of the molecule is CC1(C)CCSC(=NC2CCOCC2)N1. The Morgan fingerprint density at radius 1 is 1.40 bits per heavy atom. The zero-order valence-electron chi connectivity index (χ0n) is 9.58. The van der Waals surface area contributed by atoms with Crippen LogP contribution in [0.15, 0.2) is 4.99 Å². The zero-order chi connectivity index (χ0) is 10.7. The highest BCUT2D eigenvalue weighted by Gasteiger charge is 2.25. The molecule has 86 valence electrons. The van der Waals surface area contributed by atoms with Gasteiger partial charge in [0, 0.05) is 24.5 Å². The van der Waals surface area contributed by atoms with Crippen molar-refractivity contribution in [2.45, 2.75) is 44.7 Å². The number of hydrogen-bond acceptors (Lipinski definition) is 3. The molecule has 0 aromatic heterocycles. The highest BCUT2D eigenvalue weighted by Crippen LogP contribution is 2.23. The van der Waals surface area contributed by atoms with Crippen molar-refractivity contribution in [1.29, 1.82) is 0 Å². The van der Waals surface area contributed by atoms with Crippen molar-refractivity contribution in [2.75, 3.05) is 19.0 Å². The fourth-order valence-corrected chi connectivity index (χ4v) is 3.22. The van der Waals surface area contributed by atoms with Gasteiger partial charge in [-0.15, -0.1) is 0 Å². The quantitative estimate of drug-likeness (QED) is 0.745. The second-order valence-corrected chi connectivity index (χ2v) is 5.97. The molecule has 2 aliphatic heterocycles. The first-order valence-corrected chi connectivity index (χ1v) is 6.71. The normalized spacial score (nSPS) is 30.1. The molecule has 0 amide bonds. The summed E-state index contributed by atoms with van der Waals surface area (Å²) in [7, 11) is 0. The molecule has 0 unspecified atom stereocenters. The molecule has 1 N–H and O–H groups in total. The lowest BCUT2D eigenvalue weighted by atomic mass is 10.0. The van der Waals surface area contributed by atoms with E-state index >= 15 is 0 Å². The number of nitrogens with zero attached hydrogens (tertiary/aromatic N) is 1. The van der Waals surface area contributed by atoms with Crippen LogP contribution in [0.2, 0.25) is 0 Å². The number of rotatable bonds is 1. The molecule has 15 heavy (non-hydrogen) atoms. The fourth-order valence-electron chi connectivity index (χ4n) is 1.84. The van der Waals surface area contributed by atoms with E-state index in [9.17, 15) is 0 Å². The summed E-state index contributed by atoms with van der Waals surface area (Å²) < 4.78 is 5.33. The summed E-state index contributed by atoms with van der Waals surface area (Å²) in [6.07, 6.45) is 3.36. The topological polar surface area (TPSA) is 33.6 Å². The number of thioether (sulfide) groups is 1. The van der Waals surface area contributed by atoms with Gasteiger partial charge in [-0.25, -0.2) is 0 Å². The van der Waals surface area contributed by atoms with Gasteiger partial charge in [-0.1, -0.05) is 11.8 Å². The van der Waals surface area contributed by atoms with E-state index < -0.39 is 0 Å². The Hall–Kier alpha value is -0.220. The highest BCUT2D eigenvalue weighted by molar-refractivity contribution is 8.13. The van der Waals surface area contributed by atoms with Crippen LogP contribution in [-0.4, -0.2) is 35.7 Å². The third-order valence-electron chi connectivity index (χ3n) is 2.90. The predicted molar refractivity (Wildman–Crippen MR) is 65.6 cm³/mol. The monoisotopic (exact) mass is 228 g/mol. The third-order valence-corrected chi connectivity index (χ3v) is 3.79. The van der Waals surface area contributed by atoms with Crippen LogP contribution in [-0.2, 0) is 4.74 Å². The van der Waals surface area contributed by atoms with E-state index in [0.29, 0.717) is 6.04 Å². The van der Waals surface area contributed by atoms with Crippen LogP contribution < -0.4 is 5.32 Å². The molecular formula is C11H20N2OS. The highest BCUT2D eigenvalue weighted by atomic mass is 32.2. The van der Waals surface area contributed by atoms with Crippen LogP contribution in [0.5, 0.6) is 0 Å². The molecule has 3 nitrogen and oxygen atoms in total. The summed E-state index contributed by atoms with van der Waals surface area (Å²) >= 11 is 1.86. The first kappa shape index (κ1) is 11.3. The molecule has 2 rings (SSSR count). The Balaban J connectivity index is 1.93. The smallest absolute Gasteiger partial charge is 0.157 e. The standard InChI is InChI=1S/C11H20N2OS/c1-11(2)5-8-15-10(13-11)12-9-3-6-14-7-4-9/h9H,3-8H2,1-2H3,(H,12,13). The van der Waals surface area contributed by atoms with Crippen LogP contribution in [0.25, 0.3) is 0 Å². The second kappa shape index (κ2) is 4.74. The minimum absolute atomic E-state index is 0.218. The molecule has 0 bridgehead atoms. The van der Waals surface area contributed by atoms with Crippen molar-refractivity contribution < 1.29 is 4.74 Å². The van der Waals surface area contributed by atoms with Crippen molar-refractivity contribution in [3.05, 3.63) is 0 Å². The van der Waals surface area contributed by atoms with Crippen molar-refractivity contribution in [3.8, 4) is 0 Å². The van der Waals surface area contributed by atoms with Crippen LogP contribution in [0, 0.1) is 0 Å². The molecule has 0 atom stereocenters. The number of ether oxygens (including phenoxy) is 1.